The third-order valence-corrected chi connectivity index (χ3v) is 7.06. The first kappa shape index (κ1) is 16.1. The number of aromatic amines is 1. The summed E-state index contributed by atoms with van der Waals surface area (Å²) in [6, 6.07) is 8.61. The van der Waals surface area contributed by atoms with E-state index in [0.29, 0.717) is 0 Å². The number of allylic oxidation sites excluding steroid dienone is 1. The molecule has 0 amide bonds. The topological polar surface area (TPSA) is 65.6 Å². The summed E-state index contributed by atoms with van der Waals surface area (Å²) < 4.78 is 5.22. The van der Waals surface area contributed by atoms with Gasteiger partial charge in [-0.3, -0.25) is 9.69 Å². The number of aliphatic hydroxyl groups excluding tert-OH is 1. The van der Waals surface area contributed by atoms with Gasteiger partial charge in [0, 0.05) is 35.1 Å². The first-order valence-electron chi connectivity index (χ1n) is 9.35. The Kier molecular flexibility index (Phi) is 3.37. The predicted octanol–water partition coefficient (Wildman–Crippen LogP) is 2.57. The number of rotatable bonds is 2. The Morgan fingerprint density at radius 1 is 1.46 bits per heavy atom. The van der Waals surface area contributed by atoms with E-state index in [9.17, 15) is 9.90 Å². The minimum absolute atomic E-state index is 0.0286. The fraction of sp³-hybridized carbons (Fsp3) is 0.476. The standard InChI is InChI=1S/C21H24N2O3/c1-3-12-10-23-17-9-15(12)21(11-24,20(25)26-2)18(23)8-14-13-6-4-5-7-16(13)22-19(14)17/h3-7,15,17-18,22,24H,8-11H2,1-2H3/b12-3-/t15-,17?,18-,21?/m0/s1. The van der Waals surface area contributed by atoms with Crippen molar-refractivity contribution >= 4 is 16.9 Å². The van der Waals surface area contributed by atoms with Gasteiger partial charge in [0.15, 0.2) is 0 Å². The maximum atomic E-state index is 12.9. The van der Waals surface area contributed by atoms with Crippen molar-refractivity contribution in [1.29, 1.82) is 0 Å². The molecule has 4 bridgehead atoms. The van der Waals surface area contributed by atoms with Crippen LogP contribution in [0.3, 0.4) is 0 Å². The molecule has 3 fully saturated rings. The Bertz CT molecular complexity index is 930. The van der Waals surface area contributed by atoms with Gasteiger partial charge in [-0.05, 0) is 31.4 Å². The maximum absolute atomic E-state index is 12.9. The van der Waals surface area contributed by atoms with Gasteiger partial charge in [-0.2, -0.15) is 0 Å². The summed E-state index contributed by atoms with van der Waals surface area (Å²) in [6.07, 6.45) is 3.72. The van der Waals surface area contributed by atoms with Gasteiger partial charge >= 0.3 is 5.97 Å². The van der Waals surface area contributed by atoms with Crippen molar-refractivity contribution in [3.05, 3.63) is 47.2 Å². The third kappa shape index (κ3) is 1.75. The molecular weight excluding hydrogens is 328 g/mol. The highest BCUT2D eigenvalue weighted by Crippen LogP contribution is 2.59. The maximum Gasteiger partial charge on any atom is 0.316 e. The molecule has 136 valence electrons. The molecule has 0 spiro atoms. The van der Waals surface area contributed by atoms with Crippen LogP contribution in [0.4, 0.5) is 0 Å². The van der Waals surface area contributed by atoms with Gasteiger partial charge in [0.05, 0.1) is 19.8 Å². The van der Waals surface area contributed by atoms with Crippen molar-refractivity contribution in [1.82, 2.24) is 9.88 Å². The van der Waals surface area contributed by atoms with Crippen LogP contribution in [0.5, 0.6) is 0 Å². The molecule has 4 aliphatic rings. The Labute approximate surface area is 152 Å². The average molecular weight is 352 g/mol. The molecule has 5 heteroatoms. The summed E-state index contributed by atoms with van der Waals surface area (Å²) in [7, 11) is 1.43. The number of fused-ring (bicyclic) bond motifs is 4. The fourth-order valence-corrected chi connectivity index (χ4v) is 5.88. The van der Waals surface area contributed by atoms with E-state index >= 15 is 0 Å². The molecule has 5 atom stereocenters. The zero-order chi connectivity index (χ0) is 18.1. The molecule has 2 N–H and O–H groups in total. The van der Waals surface area contributed by atoms with Crippen LogP contribution in [-0.2, 0) is 16.0 Å². The number of ether oxygens (including phenoxy) is 1. The summed E-state index contributed by atoms with van der Waals surface area (Å²) in [5.41, 5.74) is 4.12. The second-order valence-electron chi connectivity index (χ2n) is 7.81. The summed E-state index contributed by atoms with van der Waals surface area (Å²) in [5, 5.41) is 11.7. The van der Waals surface area contributed by atoms with E-state index in [-0.39, 0.29) is 30.6 Å². The van der Waals surface area contributed by atoms with E-state index in [1.807, 2.05) is 13.0 Å². The number of hydrogen-bond acceptors (Lipinski definition) is 4. The molecule has 3 unspecified atom stereocenters. The molecule has 0 radical (unpaired) electrons. The van der Waals surface area contributed by atoms with Crippen molar-refractivity contribution in [2.45, 2.75) is 31.8 Å². The average Bonchev–Trinajstić information content (AvgIpc) is 3.06. The van der Waals surface area contributed by atoms with Crippen LogP contribution in [0.2, 0.25) is 0 Å². The molecule has 1 aromatic heterocycles. The van der Waals surface area contributed by atoms with Crippen molar-refractivity contribution in [2.75, 3.05) is 20.3 Å². The fourth-order valence-electron chi connectivity index (χ4n) is 5.88. The van der Waals surface area contributed by atoms with Gasteiger partial charge in [0.1, 0.15) is 5.41 Å². The number of esters is 1. The van der Waals surface area contributed by atoms with Gasteiger partial charge in [0.2, 0.25) is 0 Å². The number of aliphatic hydroxyl groups is 1. The number of para-hydroxylation sites is 1. The van der Waals surface area contributed by atoms with Crippen molar-refractivity contribution in [3.63, 3.8) is 0 Å². The predicted molar refractivity (Wildman–Crippen MR) is 98.6 cm³/mol. The van der Waals surface area contributed by atoms with E-state index in [1.165, 1.54) is 29.3 Å². The molecule has 5 nitrogen and oxygen atoms in total. The zero-order valence-electron chi connectivity index (χ0n) is 15.2. The number of piperidine rings is 3. The number of carbonyl (C=O) groups is 1. The minimum atomic E-state index is -0.874. The quantitative estimate of drug-likeness (QED) is 0.644. The lowest BCUT2D eigenvalue weighted by molar-refractivity contribution is -0.183. The van der Waals surface area contributed by atoms with Crippen molar-refractivity contribution < 1.29 is 14.6 Å². The van der Waals surface area contributed by atoms with E-state index in [1.54, 1.807) is 0 Å². The van der Waals surface area contributed by atoms with E-state index < -0.39 is 5.41 Å². The molecule has 2 aromatic rings. The van der Waals surface area contributed by atoms with Crippen LogP contribution in [0.25, 0.3) is 10.9 Å². The first-order chi connectivity index (χ1) is 12.7. The summed E-state index contributed by atoms with van der Waals surface area (Å²) >= 11 is 0. The highest BCUT2D eigenvalue weighted by molar-refractivity contribution is 5.86. The zero-order valence-corrected chi connectivity index (χ0v) is 15.2. The van der Waals surface area contributed by atoms with E-state index in [0.717, 1.165) is 24.9 Å². The minimum Gasteiger partial charge on any atom is -0.468 e. The molecular formula is C21H24N2O3. The van der Waals surface area contributed by atoms with E-state index in [2.05, 4.69) is 34.2 Å². The van der Waals surface area contributed by atoms with Crippen LogP contribution in [-0.4, -0.2) is 47.3 Å². The highest BCUT2D eigenvalue weighted by atomic mass is 16.5. The highest BCUT2D eigenvalue weighted by Gasteiger charge is 2.64. The molecule has 6 rings (SSSR count). The summed E-state index contributed by atoms with van der Waals surface area (Å²) in [5.74, 6) is -0.245. The number of H-pyrrole nitrogens is 1. The van der Waals surface area contributed by atoms with Gasteiger partial charge in [-0.15, -0.1) is 0 Å². The molecule has 0 saturated carbocycles. The van der Waals surface area contributed by atoms with Gasteiger partial charge in [-0.1, -0.05) is 29.8 Å². The monoisotopic (exact) mass is 352 g/mol. The lowest BCUT2D eigenvalue weighted by Crippen LogP contribution is -2.69. The van der Waals surface area contributed by atoms with Crippen molar-refractivity contribution in [2.24, 2.45) is 11.3 Å². The Morgan fingerprint density at radius 3 is 3.00 bits per heavy atom. The molecule has 1 aromatic carbocycles. The number of carbonyl (C=O) groups excluding carboxylic acids is 1. The number of nitrogens with one attached hydrogen (secondary N) is 1. The number of nitrogens with zero attached hydrogens (tertiary/aromatic N) is 1. The molecule has 3 saturated heterocycles. The number of benzene rings is 1. The SMILES string of the molecule is C/C=C1/CN2C3C[C@@H]1C(CO)(C(=O)OC)[C@@H]2Cc1c3[nH]c2ccccc12. The van der Waals surface area contributed by atoms with Crippen molar-refractivity contribution in [3.8, 4) is 0 Å². The van der Waals surface area contributed by atoms with Crippen LogP contribution in [0, 0.1) is 11.3 Å². The second kappa shape index (κ2) is 5.44. The molecule has 26 heavy (non-hydrogen) atoms. The summed E-state index contributed by atoms with van der Waals surface area (Å²) in [4.78, 5) is 19.0. The lowest BCUT2D eigenvalue weighted by Gasteiger charge is -2.62. The number of methoxy groups -OCH3 is 1. The van der Waals surface area contributed by atoms with Crippen LogP contribution in [0.15, 0.2) is 35.9 Å². The number of aromatic nitrogens is 1. The molecule has 5 heterocycles. The largest absolute Gasteiger partial charge is 0.468 e. The Hall–Kier alpha value is -2.11. The third-order valence-electron chi connectivity index (χ3n) is 7.06. The first-order valence-corrected chi connectivity index (χ1v) is 9.35. The smallest absolute Gasteiger partial charge is 0.316 e. The lowest BCUT2D eigenvalue weighted by atomic mass is 9.55. The number of hydrogen-bond donors (Lipinski definition) is 2. The van der Waals surface area contributed by atoms with Crippen LogP contribution >= 0.6 is 0 Å². The van der Waals surface area contributed by atoms with Gasteiger partial charge in [0.25, 0.3) is 0 Å². The summed E-state index contributed by atoms with van der Waals surface area (Å²) in [6.45, 7) is 2.72. The normalized spacial score (nSPS) is 36.3. The van der Waals surface area contributed by atoms with Gasteiger partial charge in [-0.25, -0.2) is 0 Å². The molecule has 0 aliphatic carbocycles. The second-order valence-corrected chi connectivity index (χ2v) is 7.81. The Balaban J connectivity index is 1.73. The molecule has 4 aliphatic heterocycles. The van der Waals surface area contributed by atoms with E-state index in [4.69, 9.17) is 4.74 Å². The van der Waals surface area contributed by atoms with Crippen LogP contribution < -0.4 is 0 Å². The van der Waals surface area contributed by atoms with Crippen LogP contribution in [0.1, 0.15) is 30.6 Å². The Morgan fingerprint density at radius 2 is 2.27 bits per heavy atom. The van der Waals surface area contributed by atoms with Gasteiger partial charge < -0.3 is 14.8 Å².